The van der Waals surface area contributed by atoms with Gasteiger partial charge in [0.05, 0.1) is 12.7 Å². The molecule has 0 fully saturated rings. The highest BCUT2D eigenvalue weighted by molar-refractivity contribution is 5.73. The largest absolute Gasteiger partial charge is 0.361 e. The zero-order valence-electron chi connectivity index (χ0n) is 13.3. The molecule has 1 aliphatic rings. The molecule has 1 aromatic carbocycles. The lowest BCUT2D eigenvalue weighted by Gasteiger charge is -2.36. The molecule has 1 atom stereocenters. The van der Waals surface area contributed by atoms with Crippen LogP contribution in [0.4, 0.5) is 5.69 Å². The topological polar surface area (TPSA) is 66.8 Å². The van der Waals surface area contributed by atoms with Crippen molar-refractivity contribution in [1.82, 2.24) is 19.7 Å². The molecule has 3 heterocycles. The van der Waals surface area contributed by atoms with Crippen molar-refractivity contribution >= 4 is 16.7 Å². The van der Waals surface area contributed by atoms with Gasteiger partial charge in [-0.05, 0) is 31.4 Å². The minimum atomic E-state index is -0.129. The van der Waals surface area contributed by atoms with Gasteiger partial charge in [-0.3, -0.25) is 9.48 Å². The van der Waals surface area contributed by atoms with Gasteiger partial charge in [0.25, 0.3) is 5.56 Å². The number of rotatable bonds is 2. The monoisotopic (exact) mass is 309 g/mol. The number of hydrogen-bond acceptors (Lipinski definition) is 4. The third kappa shape index (κ3) is 2.30. The Kier molecular flexibility index (Phi) is 3.18. The Labute approximate surface area is 133 Å². The summed E-state index contributed by atoms with van der Waals surface area (Å²) in [6.45, 7) is 2.81. The third-order valence-electron chi connectivity index (χ3n) is 4.64. The first-order valence-corrected chi connectivity index (χ1v) is 7.89. The minimum Gasteiger partial charge on any atom is -0.361 e. The number of benzene rings is 1. The van der Waals surface area contributed by atoms with Gasteiger partial charge in [0.1, 0.15) is 11.2 Å². The van der Waals surface area contributed by atoms with E-state index in [2.05, 4.69) is 51.2 Å². The summed E-state index contributed by atoms with van der Waals surface area (Å²) in [5.41, 5.74) is 3.09. The minimum absolute atomic E-state index is 0.129. The van der Waals surface area contributed by atoms with Crippen molar-refractivity contribution in [2.75, 3.05) is 4.90 Å². The molecule has 0 unspecified atom stereocenters. The SMILES string of the molecule is C[C@@H]1CCc2ccccc2N1Cc1nc2c(cnn2C)c(=O)[nH]1. The van der Waals surface area contributed by atoms with Gasteiger partial charge >= 0.3 is 0 Å². The molecule has 118 valence electrons. The molecule has 4 rings (SSSR count). The van der Waals surface area contributed by atoms with Gasteiger partial charge in [-0.2, -0.15) is 5.10 Å². The first-order chi connectivity index (χ1) is 11.1. The van der Waals surface area contributed by atoms with E-state index < -0.39 is 0 Å². The molecule has 0 saturated heterocycles. The summed E-state index contributed by atoms with van der Waals surface area (Å²) in [6, 6.07) is 8.87. The molecule has 1 N–H and O–H groups in total. The molecule has 0 spiro atoms. The van der Waals surface area contributed by atoms with Crippen molar-refractivity contribution in [2.24, 2.45) is 7.05 Å². The summed E-state index contributed by atoms with van der Waals surface area (Å²) in [6.07, 6.45) is 3.76. The normalized spacial score (nSPS) is 17.5. The maximum Gasteiger partial charge on any atom is 0.262 e. The van der Waals surface area contributed by atoms with Crippen LogP contribution >= 0.6 is 0 Å². The summed E-state index contributed by atoms with van der Waals surface area (Å²) in [7, 11) is 1.80. The predicted molar refractivity (Wildman–Crippen MR) is 89.5 cm³/mol. The van der Waals surface area contributed by atoms with E-state index in [0.717, 1.165) is 12.8 Å². The van der Waals surface area contributed by atoms with Crippen LogP contribution in [-0.2, 0) is 20.0 Å². The second kappa shape index (κ2) is 5.22. The molecule has 0 amide bonds. The quantitative estimate of drug-likeness (QED) is 0.786. The molecule has 6 heteroatoms. The number of hydrogen-bond donors (Lipinski definition) is 1. The molecule has 0 saturated carbocycles. The number of H-pyrrole nitrogens is 1. The Morgan fingerprint density at radius 1 is 1.35 bits per heavy atom. The average molecular weight is 309 g/mol. The van der Waals surface area contributed by atoms with Crippen LogP contribution < -0.4 is 10.5 Å². The lowest BCUT2D eigenvalue weighted by atomic mass is 9.96. The Hall–Kier alpha value is -2.63. The lowest BCUT2D eigenvalue weighted by Crippen LogP contribution is -2.37. The molecular weight excluding hydrogens is 290 g/mol. The van der Waals surface area contributed by atoms with Gasteiger partial charge in [0.2, 0.25) is 0 Å². The van der Waals surface area contributed by atoms with Gasteiger partial charge in [0, 0.05) is 18.8 Å². The molecule has 1 aliphatic heterocycles. The number of fused-ring (bicyclic) bond motifs is 2. The molecule has 0 radical (unpaired) electrons. The number of aryl methyl sites for hydroxylation is 2. The maximum absolute atomic E-state index is 12.2. The number of anilines is 1. The van der Waals surface area contributed by atoms with Crippen LogP contribution in [0.15, 0.2) is 35.3 Å². The summed E-state index contributed by atoms with van der Waals surface area (Å²) >= 11 is 0. The van der Waals surface area contributed by atoms with Crippen LogP contribution in [0, 0.1) is 0 Å². The van der Waals surface area contributed by atoms with Crippen LogP contribution in [-0.4, -0.2) is 25.8 Å². The molecule has 3 aromatic rings. The Bertz CT molecular complexity index is 926. The Morgan fingerprint density at radius 3 is 3.04 bits per heavy atom. The summed E-state index contributed by atoms with van der Waals surface area (Å²) < 4.78 is 1.64. The molecule has 0 bridgehead atoms. The van der Waals surface area contributed by atoms with Crippen LogP contribution in [0.5, 0.6) is 0 Å². The van der Waals surface area contributed by atoms with E-state index in [-0.39, 0.29) is 5.56 Å². The van der Waals surface area contributed by atoms with Crippen molar-refractivity contribution in [3.05, 3.63) is 52.2 Å². The highest BCUT2D eigenvalue weighted by Gasteiger charge is 2.23. The zero-order valence-corrected chi connectivity index (χ0v) is 13.3. The standard InChI is InChI=1S/C17H19N5O/c1-11-7-8-12-5-3-4-6-14(12)22(11)10-15-19-16-13(17(23)20-15)9-18-21(16)2/h3-6,9,11H,7-8,10H2,1-2H3,(H,19,20,23)/t11-/m1/s1. The number of aromatic amines is 1. The fourth-order valence-electron chi connectivity index (χ4n) is 3.32. The fraction of sp³-hybridized carbons (Fsp3) is 0.353. The van der Waals surface area contributed by atoms with Crippen LogP contribution in [0.25, 0.3) is 11.0 Å². The van der Waals surface area contributed by atoms with Gasteiger partial charge in [-0.1, -0.05) is 18.2 Å². The highest BCUT2D eigenvalue weighted by Crippen LogP contribution is 2.31. The van der Waals surface area contributed by atoms with Gasteiger partial charge in [0.15, 0.2) is 5.65 Å². The fourth-order valence-corrected chi connectivity index (χ4v) is 3.32. The lowest BCUT2D eigenvalue weighted by molar-refractivity contribution is 0.551. The maximum atomic E-state index is 12.2. The van der Waals surface area contributed by atoms with E-state index in [1.165, 1.54) is 11.3 Å². The number of para-hydroxylation sites is 1. The average Bonchev–Trinajstić information content (AvgIpc) is 2.92. The predicted octanol–water partition coefficient (Wildman–Crippen LogP) is 2.00. The molecule has 6 nitrogen and oxygen atoms in total. The highest BCUT2D eigenvalue weighted by atomic mass is 16.1. The first-order valence-electron chi connectivity index (χ1n) is 7.89. The van der Waals surface area contributed by atoms with Crippen LogP contribution in [0.1, 0.15) is 24.7 Å². The first kappa shape index (κ1) is 14.0. The Morgan fingerprint density at radius 2 is 2.17 bits per heavy atom. The van der Waals surface area contributed by atoms with Crippen LogP contribution in [0.3, 0.4) is 0 Å². The smallest absolute Gasteiger partial charge is 0.262 e. The third-order valence-corrected chi connectivity index (χ3v) is 4.64. The van der Waals surface area contributed by atoms with Crippen molar-refractivity contribution in [3.8, 4) is 0 Å². The molecule has 2 aromatic heterocycles. The molecule has 23 heavy (non-hydrogen) atoms. The van der Waals surface area contributed by atoms with Crippen molar-refractivity contribution < 1.29 is 0 Å². The van der Waals surface area contributed by atoms with E-state index >= 15 is 0 Å². The Balaban J connectivity index is 1.76. The van der Waals surface area contributed by atoms with Gasteiger partial charge in [-0.25, -0.2) is 4.98 Å². The van der Waals surface area contributed by atoms with E-state index in [9.17, 15) is 4.79 Å². The summed E-state index contributed by atoms with van der Waals surface area (Å²) in [4.78, 5) is 22.0. The second-order valence-corrected chi connectivity index (χ2v) is 6.16. The van der Waals surface area contributed by atoms with Crippen molar-refractivity contribution in [1.29, 1.82) is 0 Å². The summed E-state index contributed by atoms with van der Waals surface area (Å²) in [5.74, 6) is 0.676. The van der Waals surface area contributed by atoms with Gasteiger partial charge < -0.3 is 9.88 Å². The van der Waals surface area contributed by atoms with E-state index in [4.69, 9.17) is 0 Å². The van der Waals surface area contributed by atoms with Crippen molar-refractivity contribution in [3.63, 3.8) is 0 Å². The van der Waals surface area contributed by atoms with Crippen LogP contribution in [0.2, 0.25) is 0 Å². The van der Waals surface area contributed by atoms with Gasteiger partial charge in [-0.15, -0.1) is 0 Å². The number of nitrogens with zero attached hydrogens (tertiary/aromatic N) is 4. The number of aromatic nitrogens is 4. The van der Waals surface area contributed by atoms with E-state index in [0.29, 0.717) is 29.4 Å². The number of nitrogens with one attached hydrogen (secondary N) is 1. The molecular formula is C17H19N5O. The second-order valence-electron chi connectivity index (χ2n) is 6.16. The van der Waals surface area contributed by atoms with Crippen molar-refractivity contribution in [2.45, 2.75) is 32.4 Å². The van der Waals surface area contributed by atoms with E-state index in [1.807, 2.05) is 0 Å². The molecule has 0 aliphatic carbocycles. The van der Waals surface area contributed by atoms with E-state index in [1.54, 1.807) is 17.9 Å². The summed E-state index contributed by atoms with van der Waals surface area (Å²) in [5, 5.41) is 4.65. The zero-order chi connectivity index (χ0) is 16.0.